The molecule has 4 rings (SSSR count). The summed E-state index contributed by atoms with van der Waals surface area (Å²) in [5, 5.41) is 4.92. The predicted molar refractivity (Wildman–Crippen MR) is 122 cm³/mol. The third-order valence-corrected chi connectivity index (χ3v) is 5.69. The van der Waals surface area contributed by atoms with Crippen LogP contribution in [-0.4, -0.2) is 27.5 Å². The van der Waals surface area contributed by atoms with Gasteiger partial charge in [-0.05, 0) is 31.0 Å². The summed E-state index contributed by atoms with van der Waals surface area (Å²) in [5.41, 5.74) is 3.80. The zero-order chi connectivity index (χ0) is 22.7. The molecule has 0 saturated heterocycles. The van der Waals surface area contributed by atoms with Crippen molar-refractivity contribution in [2.45, 2.75) is 32.9 Å². The molecule has 9 heteroatoms. The lowest BCUT2D eigenvalue weighted by Gasteiger charge is -2.12. The highest BCUT2D eigenvalue weighted by Gasteiger charge is 2.21. The van der Waals surface area contributed by atoms with Crippen LogP contribution >= 0.6 is 11.3 Å². The van der Waals surface area contributed by atoms with E-state index in [-0.39, 0.29) is 6.54 Å². The molecular formula is C23H21N3O5S. The molecule has 1 unspecified atom stereocenters. The van der Waals surface area contributed by atoms with Crippen LogP contribution in [0.1, 0.15) is 19.4 Å². The number of para-hydroxylation sites is 2. The second kappa shape index (κ2) is 9.19. The van der Waals surface area contributed by atoms with Gasteiger partial charge in [0.25, 0.3) is 5.91 Å². The van der Waals surface area contributed by atoms with E-state index in [0.29, 0.717) is 16.2 Å². The van der Waals surface area contributed by atoms with Crippen LogP contribution in [0.2, 0.25) is 0 Å². The second-order valence-electron chi connectivity index (χ2n) is 7.13. The Balaban J connectivity index is 1.36. The maximum atomic E-state index is 12.5. The van der Waals surface area contributed by atoms with Crippen LogP contribution in [0.3, 0.4) is 0 Å². The van der Waals surface area contributed by atoms with Crippen molar-refractivity contribution in [3.63, 3.8) is 0 Å². The number of esters is 1. The van der Waals surface area contributed by atoms with E-state index in [1.807, 2.05) is 29.6 Å². The van der Waals surface area contributed by atoms with Gasteiger partial charge in [-0.15, -0.1) is 11.3 Å². The molecular weight excluding hydrogens is 430 g/mol. The van der Waals surface area contributed by atoms with E-state index < -0.39 is 23.7 Å². The van der Waals surface area contributed by atoms with E-state index in [0.717, 1.165) is 17.7 Å². The van der Waals surface area contributed by atoms with E-state index in [2.05, 4.69) is 17.2 Å². The monoisotopic (exact) mass is 451 g/mol. The van der Waals surface area contributed by atoms with Gasteiger partial charge in [-0.2, -0.15) is 0 Å². The van der Waals surface area contributed by atoms with Gasteiger partial charge in [0.2, 0.25) is 0 Å². The summed E-state index contributed by atoms with van der Waals surface area (Å²) < 4.78 is 11.5. The number of anilines is 1. The molecule has 0 aliphatic heterocycles. The van der Waals surface area contributed by atoms with Crippen molar-refractivity contribution in [1.29, 1.82) is 0 Å². The zero-order valence-corrected chi connectivity index (χ0v) is 18.3. The molecule has 0 radical (unpaired) electrons. The molecule has 32 heavy (non-hydrogen) atoms. The van der Waals surface area contributed by atoms with Crippen molar-refractivity contribution in [1.82, 2.24) is 9.55 Å². The minimum Gasteiger partial charge on any atom is -0.451 e. The van der Waals surface area contributed by atoms with Gasteiger partial charge in [0.05, 0.1) is 11.2 Å². The quantitative estimate of drug-likeness (QED) is 0.428. The van der Waals surface area contributed by atoms with Gasteiger partial charge >= 0.3 is 11.7 Å². The lowest BCUT2D eigenvalue weighted by atomic mass is 10.1. The number of aryl methyl sites for hydroxylation is 1. The molecule has 0 saturated carbocycles. The van der Waals surface area contributed by atoms with Crippen LogP contribution in [0, 0.1) is 0 Å². The summed E-state index contributed by atoms with van der Waals surface area (Å²) in [6.45, 7) is 3.19. The highest BCUT2D eigenvalue weighted by molar-refractivity contribution is 7.14. The number of ether oxygens (including phenoxy) is 1. The molecule has 1 atom stereocenters. The lowest BCUT2D eigenvalue weighted by Crippen LogP contribution is -2.32. The van der Waals surface area contributed by atoms with Crippen molar-refractivity contribution in [2.24, 2.45) is 0 Å². The molecule has 1 N–H and O–H groups in total. The van der Waals surface area contributed by atoms with Crippen LogP contribution < -0.4 is 11.1 Å². The number of rotatable bonds is 7. The zero-order valence-electron chi connectivity index (χ0n) is 17.5. The van der Waals surface area contributed by atoms with E-state index >= 15 is 0 Å². The maximum absolute atomic E-state index is 12.5. The average Bonchev–Trinajstić information content (AvgIpc) is 3.38. The van der Waals surface area contributed by atoms with Gasteiger partial charge in [-0.1, -0.05) is 43.3 Å². The molecule has 8 nitrogen and oxygen atoms in total. The van der Waals surface area contributed by atoms with Crippen molar-refractivity contribution in [3.8, 4) is 11.3 Å². The first-order chi connectivity index (χ1) is 15.4. The Morgan fingerprint density at radius 1 is 1.19 bits per heavy atom. The van der Waals surface area contributed by atoms with Gasteiger partial charge in [0, 0.05) is 10.9 Å². The highest BCUT2D eigenvalue weighted by Crippen LogP contribution is 2.25. The Morgan fingerprint density at radius 2 is 1.94 bits per heavy atom. The van der Waals surface area contributed by atoms with Crippen LogP contribution in [-0.2, 0) is 27.3 Å². The van der Waals surface area contributed by atoms with E-state index in [4.69, 9.17) is 9.15 Å². The molecule has 2 aromatic carbocycles. The summed E-state index contributed by atoms with van der Waals surface area (Å²) in [7, 11) is 0. The van der Waals surface area contributed by atoms with Gasteiger partial charge < -0.3 is 9.15 Å². The van der Waals surface area contributed by atoms with Crippen LogP contribution in [0.5, 0.6) is 0 Å². The first-order valence-electron chi connectivity index (χ1n) is 10.1. The lowest BCUT2D eigenvalue weighted by molar-refractivity contribution is -0.153. The number of aromatic nitrogens is 2. The summed E-state index contributed by atoms with van der Waals surface area (Å²) in [4.78, 5) is 41.2. The number of carbonyl (C=O) groups is 2. The van der Waals surface area contributed by atoms with Crippen molar-refractivity contribution < 1.29 is 18.7 Å². The number of nitrogens with one attached hydrogen (secondary N) is 1. The molecule has 0 spiro atoms. The van der Waals surface area contributed by atoms with Crippen LogP contribution in [0.25, 0.3) is 22.4 Å². The topological polar surface area (TPSA) is 103 Å². The summed E-state index contributed by atoms with van der Waals surface area (Å²) in [5.74, 6) is -1.90. The standard InChI is InChI=1S/C23H21N3O5S/c1-3-15-8-10-16(11-9-15)17-13-32-22(24-17)25-21(28)14(2)30-20(27)12-26-18-6-4-5-7-19(18)31-23(26)29/h4-11,13-14H,3,12H2,1-2H3,(H,24,25,28). The fourth-order valence-corrected chi connectivity index (χ4v) is 3.89. The Kier molecular flexibility index (Phi) is 6.18. The molecule has 0 aliphatic rings. The molecule has 1 amide bonds. The fraction of sp³-hybridized carbons (Fsp3) is 0.217. The molecule has 4 aromatic rings. The summed E-state index contributed by atoms with van der Waals surface area (Å²) in [6.07, 6.45) is -0.103. The fourth-order valence-electron chi connectivity index (χ4n) is 3.16. The third-order valence-electron chi connectivity index (χ3n) is 4.93. The number of fused-ring (bicyclic) bond motifs is 1. The molecule has 164 valence electrons. The van der Waals surface area contributed by atoms with Crippen molar-refractivity contribution >= 4 is 39.4 Å². The minimum atomic E-state index is -1.06. The molecule has 0 aliphatic carbocycles. The first-order valence-corrected chi connectivity index (χ1v) is 11.0. The Labute approximate surface area is 187 Å². The van der Waals surface area contributed by atoms with Crippen molar-refractivity contribution in [3.05, 3.63) is 70.0 Å². The second-order valence-corrected chi connectivity index (χ2v) is 7.99. The number of carbonyl (C=O) groups excluding carboxylic acids is 2. The largest absolute Gasteiger partial charge is 0.451 e. The molecule has 2 aromatic heterocycles. The molecule has 2 heterocycles. The predicted octanol–water partition coefficient (Wildman–Crippen LogP) is 3.85. The number of amides is 1. The van der Waals surface area contributed by atoms with Crippen LogP contribution in [0.15, 0.2) is 63.1 Å². The Morgan fingerprint density at radius 3 is 2.69 bits per heavy atom. The molecule has 0 bridgehead atoms. The average molecular weight is 452 g/mol. The van der Waals surface area contributed by atoms with Gasteiger partial charge in [0.15, 0.2) is 16.8 Å². The van der Waals surface area contributed by atoms with Crippen molar-refractivity contribution in [2.75, 3.05) is 5.32 Å². The number of oxazole rings is 1. The Hall–Kier alpha value is -3.72. The normalized spacial score (nSPS) is 11.9. The smallest absolute Gasteiger partial charge is 0.420 e. The minimum absolute atomic E-state index is 0.359. The Bertz CT molecular complexity index is 1320. The molecule has 0 fully saturated rings. The highest BCUT2D eigenvalue weighted by atomic mass is 32.1. The summed E-state index contributed by atoms with van der Waals surface area (Å²) in [6, 6.07) is 14.8. The number of benzene rings is 2. The van der Waals surface area contributed by atoms with Crippen LogP contribution in [0.4, 0.5) is 5.13 Å². The van der Waals surface area contributed by atoms with E-state index in [1.165, 1.54) is 28.4 Å². The SMILES string of the molecule is CCc1ccc(-c2csc(NC(=O)C(C)OC(=O)Cn3c(=O)oc4ccccc43)n2)cc1. The summed E-state index contributed by atoms with van der Waals surface area (Å²) >= 11 is 1.28. The first kappa shape index (κ1) is 21.5. The number of hydrogen-bond donors (Lipinski definition) is 1. The van der Waals surface area contributed by atoms with E-state index in [1.54, 1.807) is 24.3 Å². The van der Waals surface area contributed by atoms with Gasteiger partial charge in [0.1, 0.15) is 6.54 Å². The van der Waals surface area contributed by atoms with E-state index in [9.17, 15) is 14.4 Å². The maximum Gasteiger partial charge on any atom is 0.420 e. The third kappa shape index (κ3) is 4.62. The number of nitrogens with zero attached hydrogens (tertiary/aromatic N) is 2. The van der Waals surface area contributed by atoms with Gasteiger partial charge in [-0.25, -0.2) is 9.78 Å². The number of hydrogen-bond acceptors (Lipinski definition) is 7. The van der Waals surface area contributed by atoms with Gasteiger partial charge in [-0.3, -0.25) is 19.5 Å². The number of thiazole rings is 1.